The standard InChI is InChI=1S/C11H15N3O4/c1-2-3-4-5-10(15)13-12-8-9-6-7-11(18-9)14(16)17/h6-8H,2-5H2,1H3,(H,13,15)/b12-8-. The molecule has 0 fully saturated rings. The molecular weight excluding hydrogens is 238 g/mol. The molecule has 0 radical (unpaired) electrons. The van der Waals surface area contributed by atoms with E-state index in [4.69, 9.17) is 4.42 Å². The predicted molar refractivity (Wildman–Crippen MR) is 65.2 cm³/mol. The highest BCUT2D eigenvalue weighted by Gasteiger charge is 2.10. The fraction of sp³-hybridized carbons (Fsp3) is 0.455. The van der Waals surface area contributed by atoms with E-state index in [2.05, 4.69) is 17.5 Å². The van der Waals surface area contributed by atoms with Crippen LogP contribution in [0.15, 0.2) is 21.7 Å². The van der Waals surface area contributed by atoms with E-state index in [0.717, 1.165) is 19.3 Å². The molecule has 7 heteroatoms. The highest BCUT2D eigenvalue weighted by atomic mass is 16.6. The average Bonchev–Trinajstić information content (AvgIpc) is 2.78. The minimum Gasteiger partial charge on any atom is -0.400 e. The highest BCUT2D eigenvalue weighted by molar-refractivity contribution is 5.80. The molecule has 1 aromatic rings. The van der Waals surface area contributed by atoms with Crippen LogP contribution in [0.3, 0.4) is 0 Å². The highest BCUT2D eigenvalue weighted by Crippen LogP contribution is 2.13. The van der Waals surface area contributed by atoms with E-state index in [1.165, 1.54) is 18.3 Å². The maximum absolute atomic E-state index is 11.3. The van der Waals surface area contributed by atoms with E-state index in [1.54, 1.807) is 0 Å². The number of furan rings is 1. The van der Waals surface area contributed by atoms with Crippen molar-refractivity contribution in [1.29, 1.82) is 0 Å². The third kappa shape index (κ3) is 4.77. The molecule has 0 aliphatic carbocycles. The Morgan fingerprint density at radius 2 is 2.33 bits per heavy atom. The summed E-state index contributed by atoms with van der Waals surface area (Å²) in [6, 6.07) is 2.63. The molecule has 1 rings (SSSR count). The van der Waals surface area contributed by atoms with Crippen molar-refractivity contribution in [2.24, 2.45) is 5.10 Å². The van der Waals surface area contributed by atoms with Gasteiger partial charge in [0.25, 0.3) is 0 Å². The Labute approximate surface area is 104 Å². The van der Waals surface area contributed by atoms with Gasteiger partial charge >= 0.3 is 5.88 Å². The molecule has 1 aromatic heterocycles. The number of nitrogens with zero attached hydrogens (tertiary/aromatic N) is 2. The first-order valence-electron chi connectivity index (χ1n) is 5.69. The molecular formula is C11H15N3O4. The minimum absolute atomic E-state index is 0.180. The normalized spacial score (nSPS) is 10.7. The molecule has 0 saturated heterocycles. The summed E-state index contributed by atoms with van der Waals surface area (Å²) in [6.45, 7) is 2.06. The van der Waals surface area contributed by atoms with Crippen LogP contribution in [0, 0.1) is 10.1 Å². The third-order valence-corrected chi connectivity index (χ3v) is 2.18. The Morgan fingerprint density at radius 3 is 2.94 bits per heavy atom. The van der Waals surface area contributed by atoms with E-state index in [1.807, 2.05) is 0 Å². The van der Waals surface area contributed by atoms with Gasteiger partial charge in [0.2, 0.25) is 5.91 Å². The summed E-state index contributed by atoms with van der Waals surface area (Å²) in [7, 11) is 0. The summed E-state index contributed by atoms with van der Waals surface area (Å²) >= 11 is 0. The quantitative estimate of drug-likeness (QED) is 0.348. The van der Waals surface area contributed by atoms with E-state index >= 15 is 0 Å². The Hall–Kier alpha value is -2.18. The maximum atomic E-state index is 11.3. The molecule has 1 N–H and O–H groups in total. The average molecular weight is 253 g/mol. The maximum Gasteiger partial charge on any atom is 0.433 e. The van der Waals surface area contributed by atoms with Crippen LogP contribution < -0.4 is 5.43 Å². The Bertz CT molecular complexity index is 439. The summed E-state index contributed by atoms with van der Waals surface area (Å²) in [4.78, 5) is 21.0. The van der Waals surface area contributed by atoms with Crippen LogP contribution in [0.4, 0.5) is 5.88 Å². The van der Waals surface area contributed by atoms with Crippen LogP contribution in [0.25, 0.3) is 0 Å². The molecule has 1 amide bonds. The first-order chi connectivity index (χ1) is 8.63. The number of hydrogen-bond acceptors (Lipinski definition) is 5. The zero-order valence-corrected chi connectivity index (χ0v) is 10.1. The number of carbonyl (C=O) groups excluding carboxylic acids is 1. The molecule has 0 aromatic carbocycles. The van der Waals surface area contributed by atoms with Gasteiger partial charge in [0.15, 0.2) is 5.76 Å². The van der Waals surface area contributed by atoms with E-state index < -0.39 is 4.92 Å². The number of rotatable bonds is 7. The second kappa shape index (κ2) is 7.21. The zero-order valence-electron chi connectivity index (χ0n) is 10.1. The lowest BCUT2D eigenvalue weighted by Gasteiger charge is -1.97. The topological polar surface area (TPSA) is 97.7 Å². The molecule has 98 valence electrons. The number of amides is 1. The van der Waals surface area contributed by atoms with Gasteiger partial charge in [0.05, 0.1) is 12.3 Å². The monoisotopic (exact) mass is 253 g/mol. The molecule has 1 heterocycles. The number of nitrogens with one attached hydrogen (secondary N) is 1. The molecule has 0 bridgehead atoms. The minimum atomic E-state index is -0.638. The van der Waals surface area contributed by atoms with Crippen LogP contribution in [0.5, 0.6) is 0 Å². The van der Waals surface area contributed by atoms with Crippen LogP contribution in [-0.4, -0.2) is 17.0 Å². The van der Waals surface area contributed by atoms with Gasteiger partial charge in [-0.1, -0.05) is 19.8 Å². The van der Waals surface area contributed by atoms with Gasteiger partial charge in [0, 0.05) is 6.42 Å². The SMILES string of the molecule is CCCCCC(=O)N/N=C\c1ccc([N+](=O)[O-])o1. The van der Waals surface area contributed by atoms with Crippen LogP contribution in [0.1, 0.15) is 38.4 Å². The third-order valence-electron chi connectivity index (χ3n) is 2.18. The van der Waals surface area contributed by atoms with Crippen molar-refractivity contribution in [3.63, 3.8) is 0 Å². The number of nitro groups is 1. The first-order valence-corrected chi connectivity index (χ1v) is 5.69. The molecule has 0 aliphatic heterocycles. The molecule has 0 unspecified atom stereocenters. The van der Waals surface area contributed by atoms with Gasteiger partial charge < -0.3 is 4.42 Å². The predicted octanol–water partition coefficient (Wildman–Crippen LogP) is 2.22. The van der Waals surface area contributed by atoms with Crippen molar-refractivity contribution in [3.05, 3.63) is 28.0 Å². The fourth-order valence-electron chi connectivity index (χ4n) is 1.27. The van der Waals surface area contributed by atoms with Gasteiger partial charge in [-0.3, -0.25) is 14.9 Å². The second-order valence-corrected chi connectivity index (χ2v) is 3.68. The van der Waals surface area contributed by atoms with Gasteiger partial charge in [-0.05, 0) is 12.5 Å². The Kier molecular flexibility index (Phi) is 5.56. The van der Waals surface area contributed by atoms with Crippen molar-refractivity contribution < 1.29 is 14.1 Å². The second-order valence-electron chi connectivity index (χ2n) is 3.68. The summed E-state index contributed by atoms with van der Waals surface area (Å²) in [5.41, 5.74) is 2.33. The number of hydrazone groups is 1. The molecule has 0 saturated carbocycles. The lowest BCUT2D eigenvalue weighted by molar-refractivity contribution is -0.402. The van der Waals surface area contributed by atoms with Crippen molar-refractivity contribution >= 4 is 18.0 Å². The van der Waals surface area contributed by atoms with Crippen LogP contribution in [0.2, 0.25) is 0 Å². The Balaban J connectivity index is 2.35. The molecule has 0 aliphatic rings. The zero-order chi connectivity index (χ0) is 13.4. The van der Waals surface area contributed by atoms with Crippen molar-refractivity contribution in [3.8, 4) is 0 Å². The Morgan fingerprint density at radius 1 is 1.56 bits per heavy atom. The lowest BCUT2D eigenvalue weighted by Crippen LogP contribution is -2.16. The number of carbonyl (C=O) groups is 1. The van der Waals surface area contributed by atoms with Crippen molar-refractivity contribution in [1.82, 2.24) is 5.43 Å². The van der Waals surface area contributed by atoms with E-state index in [9.17, 15) is 14.9 Å². The van der Waals surface area contributed by atoms with Gasteiger partial charge in [-0.25, -0.2) is 5.43 Å². The smallest absolute Gasteiger partial charge is 0.400 e. The van der Waals surface area contributed by atoms with Gasteiger partial charge in [-0.2, -0.15) is 5.10 Å². The van der Waals surface area contributed by atoms with Crippen LogP contribution >= 0.6 is 0 Å². The van der Waals surface area contributed by atoms with Gasteiger partial charge in [0.1, 0.15) is 4.92 Å². The first kappa shape index (κ1) is 13.9. The summed E-state index contributed by atoms with van der Waals surface area (Å²) in [5.74, 6) is -0.318. The largest absolute Gasteiger partial charge is 0.433 e. The fourth-order valence-corrected chi connectivity index (χ4v) is 1.27. The number of unbranched alkanes of at least 4 members (excludes halogenated alkanes) is 2. The van der Waals surface area contributed by atoms with Crippen molar-refractivity contribution in [2.75, 3.05) is 0 Å². The molecule has 0 spiro atoms. The molecule has 0 atom stereocenters. The van der Waals surface area contributed by atoms with E-state index in [-0.39, 0.29) is 17.6 Å². The summed E-state index contributed by atoms with van der Waals surface area (Å²) in [6.07, 6.45) is 4.52. The number of hydrogen-bond donors (Lipinski definition) is 1. The molecule has 7 nitrogen and oxygen atoms in total. The molecule has 18 heavy (non-hydrogen) atoms. The van der Waals surface area contributed by atoms with E-state index in [0.29, 0.717) is 6.42 Å². The summed E-state index contributed by atoms with van der Waals surface area (Å²) in [5, 5.41) is 14.0. The van der Waals surface area contributed by atoms with Crippen molar-refractivity contribution in [2.45, 2.75) is 32.6 Å². The van der Waals surface area contributed by atoms with Gasteiger partial charge in [-0.15, -0.1) is 0 Å². The van der Waals surface area contributed by atoms with Crippen LogP contribution in [-0.2, 0) is 4.79 Å². The lowest BCUT2D eigenvalue weighted by atomic mass is 10.2. The summed E-state index contributed by atoms with van der Waals surface area (Å²) < 4.78 is 4.83.